The molecule has 1 aliphatic carbocycles. The van der Waals surface area contributed by atoms with Gasteiger partial charge < -0.3 is 5.11 Å². The molecule has 19 heavy (non-hydrogen) atoms. The molecular formula is C18H28O. The number of phenols is 1. The average molecular weight is 260 g/mol. The zero-order valence-corrected chi connectivity index (χ0v) is 12.7. The number of hydrogen-bond acceptors (Lipinski definition) is 1. The van der Waals surface area contributed by atoms with Gasteiger partial charge in [-0.2, -0.15) is 0 Å². The van der Waals surface area contributed by atoms with Gasteiger partial charge in [0.05, 0.1) is 0 Å². The Hall–Kier alpha value is -0.980. The Balaban J connectivity index is 2.06. The van der Waals surface area contributed by atoms with E-state index in [1.807, 2.05) is 12.1 Å². The van der Waals surface area contributed by atoms with Crippen LogP contribution in [0.15, 0.2) is 24.3 Å². The van der Waals surface area contributed by atoms with Gasteiger partial charge >= 0.3 is 0 Å². The summed E-state index contributed by atoms with van der Waals surface area (Å²) < 4.78 is 0. The van der Waals surface area contributed by atoms with Crippen LogP contribution >= 0.6 is 0 Å². The van der Waals surface area contributed by atoms with Crippen molar-refractivity contribution in [3.05, 3.63) is 29.8 Å². The van der Waals surface area contributed by atoms with Crippen molar-refractivity contribution in [2.75, 3.05) is 0 Å². The second-order valence-electron chi connectivity index (χ2n) is 6.98. The number of benzene rings is 1. The summed E-state index contributed by atoms with van der Waals surface area (Å²) in [6.45, 7) is 7.13. The summed E-state index contributed by atoms with van der Waals surface area (Å²) in [5.74, 6) is 2.04. The maximum Gasteiger partial charge on any atom is 0.118 e. The van der Waals surface area contributed by atoms with Crippen LogP contribution in [0.25, 0.3) is 0 Å². The van der Waals surface area contributed by atoms with E-state index in [0.29, 0.717) is 11.7 Å². The molecule has 1 unspecified atom stereocenters. The fourth-order valence-electron chi connectivity index (χ4n) is 3.58. The first-order valence-electron chi connectivity index (χ1n) is 7.77. The Morgan fingerprint density at radius 3 is 2.42 bits per heavy atom. The van der Waals surface area contributed by atoms with E-state index in [4.69, 9.17) is 0 Å². The molecule has 0 aromatic heterocycles. The van der Waals surface area contributed by atoms with Gasteiger partial charge in [-0.25, -0.2) is 0 Å². The Labute approximate surface area is 118 Å². The van der Waals surface area contributed by atoms with Crippen LogP contribution in [0.4, 0.5) is 0 Å². The van der Waals surface area contributed by atoms with Crippen LogP contribution < -0.4 is 0 Å². The molecule has 1 aliphatic rings. The third-order valence-electron chi connectivity index (χ3n) is 5.23. The summed E-state index contributed by atoms with van der Waals surface area (Å²) in [6, 6.07) is 7.79. The van der Waals surface area contributed by atoms with E-state index in [0.717, 1.165) is 17.9 Å². The summed E-state index contributed by atoms with van der Waals surface area (Å²) in [6.07, 6.45) is 7.99. The molecule has 0 bridgehead atoms. The molecule has 2 rings (SSSR count). The highest BCUT2D eigenvalue weighted by Gasteiger charge is 2.33. The third kappa shape index (κ3) is 3.52. The lowest BCUT2D eigenvalue weighted by Crippen LogP contribution is -2.31. The van der Waals surface area contributed by atoms with Crippen LogP contribution in [0, 0.1) is 17.3 Å². The van der Waals surface area contributed by atoms with Crippen molar-refractivity contribution >= 4 is 0 Å². The highest BCUT2D eigenvalue weighted by Crippen LogP contribution is 2.42. The highest BCUT2D eigenvalue weighted by atomic mass is 16.3. The van der Waals surface area contributed by atoms with Gasteiger partial charge in [0.2, 0.25) is 0 Å². The normalized spacial score (nSPS) is 19.3. The zero-order chi connectivity index (χ0) is 13.9. The first kappa shape index (κ1) is 14.4. The van der Waals surface area contributed by atoms with Gasteiger partial charge in [0, 0.05) is 0 Å². The predicted octanol–water partition coefficient (Wildman–Crippen LogP) is 5.18. The average Bonchev–Trinajstić information content (AvgIpc) is 2.41. The Morgan fingerprint density at radius 1 is 1.16 bits per heavy atom. The van der Waals surface area contributed by atoms with Crippen LogP contribution in [0.2, 0.25) is 0 Å². The summed E-state index contributed by atoms with van der Waals surface area (Å²) in [7, 11) is 0. The van der Waals surface area contributed by atoms with Gasteiger partial charge in [-0.3, -0.25) is 0 Å². The summed E-state index contributed by atoms with van der Waals surface area (Å²) in [5, 5.41) is 9.97. The number of phenolic OH excluding ortho intramolecular Hbond substituents is 1. The number of hydrogen-bond donors (Lipinski definition) is 1. The minimum absolute atomic E-state index is 0.251. The minimum atomic E-state index is 0.251. The highest BCUT2D eigenvalue weighted by molar-refractivity contribution is 5.32. The second-order valence-corrected chi connectivity index (χ2v) is 6.98. The zero-order valence-electron chi connectivity index (χ0n) is 12.7. The van der Waals surface area contributed by atoms with E-state index in [1.165, 1.54) is 32.1 Å². The Kier molecular flexibility index (Phi) is 4.54. The van der Waals surface area contributed by atoms with Crippen LogP contribution in [-0.4, -0.2) is 5.11 Å². The quantitative estimate of drug-likeness (QED) is 0.791. The molecule has 0 spiro atoms. The van der Waals surface area contributed by atoms with Crippen molar-refractivity contribution in [1.29, 1.82) is 0 Å². The molecule has 1 N–H and O–H groups in total. The molecule has 1 aromatic carbocycles. The van der Waals surface area contributed by atoms with Gasteiger partial charge in [-0.1, -0.05) is 71.1 Å². The fourth-order valence-corrected chi connectivity index (χ4v) is 3.58. The van der Waals surface area contributed by atoms with Crippen molar-refractivity contribution in [3.63, 3.8) is 0 Å². The lowest BCUT2D eigenvalue weighted by atomic mass is 9.66. The molecule has 1 atom stereocenters. The third-order valence-corrected chi connectivity index (χ3v) is 5.23. The smallest absolute Gasteiger partial charge is 0.118 e. The van der Waals surface area contributed by atoms with Crippen LogP contribution in [-0.2, 0) is 6.42 Å². The second kappa shape index (κ2) is 5.98. The fraction of sp³-hybridized carbons (Fsp3) is 0.667. The molecule has 0 amide bonds. The first-order chi connectivity index (χ1) is 9.00. The molecule has 0 radical (unpaired) electrons. The number of rotatable bonds is 4. The molecule has 1 heteroatoms. The van der Waals surface area contributed by atoms with E-state index in [1.54, 1.807) is 6.07 Å². The topological polar surface area (TPSA) is 20.2 Å². The van der Waals surface area contributed by atoms with Gasteiger partial charge in [-0.05, 0) is 35.3 Å². The van der Waals surface area contributed by atoms with Gasteiger partial charge in [0.15, 0.2) is 0 Å². The molecule has 0 aliphatic heterocycles. The van der Waals surface area contributed by atoms with Crippen molar-refractivity contribution < 1.29 is 5.11 Å². The predicted molar refractivity (Wildman–Crippen MR) is 81.3 cm³/mol. The maximum absolute atomic E-state index is 9.97. The van der Waals surface area contributed by atoms with Crippen molar-refractivity contribution in [2.24, 2.45) is 17.3 Å². The van der Waals surface area contributed by atoms with Crippen LogP contribution in [0.1, 0.15) is 58.4 Å². The molecular weight excluding hydrogens is 232 g/mol. The lowest BCUT2D eigenvalue weighted by molar-refractivity contribution is 0.123. The molecule has 106 valence electrons. The molecule has 1 aromatic rings. The summed E-state index contributed by atoms with van der Waals surface area (Å²) in [4.78, 5) is 0. The molecule has 1 saturated carbocycles. The van der Waals surface area contributed by atoms with E-state index < -0.39 is 0 Å². The maximum atomic E-state index is 9.97. The lowest BCUT2D eigenvalue weighted by Gasteiger charge is -2.39. The van der Waals surface area contributed by atoms with E-state index in [-0.39, 0.29) is 5.41 Å². The van der Waals surface area contributed by atoms with Gasteiger partial charge in [0.1, 0.15) is 5.75 Å². The van der Waals surface area contributed by atoms with Crippen molar-refractivity contribution in [3.8, 4) is 5.75 Å². The monoisotopic (exact) mass is 260 g/mol. The summed E-state index contributed by atoms with van der Waals surface area (Å²) in [5.41, 5.74) is 1.34. The number of aromatic hydroxyl groups is 1. The van der Waals surface area contributed by atoms with Crippen LogP contribution in [0.3, 0.4) is 0 Å². The summed E-state index contributed by atoms with van der Waals surface area (Å²) >= 11 is 0. The molecule has 1 nitrogen and oxygen atoms in total. The van der Waals surface area contributed by atoms with E-state index in [9.17, 15) is 5.11 Å². The Morgan fingerprint density at radius 2 is 1.79 bits per heavy atom. The SMILES string of the molecule is CC(C1CCCCC1)C(C)(C)Cc1ccccc1O. The largest absolute Gasteiger partial charge is 0.508 e. The van der Waals surface area contributed by atoms with Gasteiger partial charge in [0.25, 0.3) is 0 Å². The molecule has 0 saturated heterocycles. The minimum Gasteiger partial charge on any atom is -0.508 e. The van der Waals surface area contributed by atoms with Crippen LogP contribution in [0.5, 0.6) is 5.75 Å². The first-order valence-corrected chi connectivity index (χ1v) is 7.77. The molecule has 0 heterocycles. The number of para-hydroxylation sites is 1. The van der Waals surface area contributed by atoms with E-state index >= 15 is 0 Å². The van der Waals surface area contributed by atoms with Crippen molar-refractivity contribution in [1.82, 2.24) is 0 Å². The Bertz CT molecular complexity index is 402. The standard InChI is InChI=1S/C18H28O/c1-14(15-9-5-4-6-10-15)18(2,3)13-16-11-7-8-12-17(16)19/h7-8,11-12,14-15,19H,4-6,9-10,13H2,1-3H3. The van der Waals surface area contributed by atoms with E-state index in [2.05, 4.69) is 26.8 Å². The van der Waals surface area contributed by atoms with Crippen molar-refractivity contribution in [2.45, 2.75) is 59.3 Å². The molecule has 1 fully saturated rings. The van der Waals surface area contributed by atoms with Gasteiger partial charge in [-0.15, -0.1) is 0 Å².